The molecule has 1 aliphatic carbocycles. The standard InChI is InChI=1S/C24H27N3O/c1-26-16-25-23-20(11-7-13-22(23)26)24(28)27-15-14-18(17-8-3-2-4-9-17)19-10-5-6-12-21(19)27/h2-4,7-9,11,13,16,18-19,21H,5-6,10,12,14-15H2,1H3/t18?,19-,21-/m1/s1. The quantitative estimate of drug-likeness (QED) is 0.649. The fourth-order valence-corrected chi connectivity index (χ4v) is 5.51. The normalized spacial score (nSPS) is 24.9. The van der Waals surface area contributed by atoms with Crippen LogP contribution < -0.4 is 0 Å². The van der Waals surface area contributed by atoms with Gasteiger partial charge in [-0.15, -0.1) is 0 Å². The zero-order valence-electron chi connectivity index (χ0n) is 16.4. The Kier molecular flexibility index (Phi) is 4.42. The van der Waals surface area contributed by atoms with Gasteiger partial charge in [-0.3, -0.25) is 4.79 Å². The maximum Gasteiger partial charge on any atom is 0.256 e. The number of benzene rings is 2. The van der Waals surface area contributed by atoms with E-state index in [1.165, 1.54) is 24.8 Å². The summed E-state index contributed by atoms with van der Waals surface area (Å²) in [5, 5.41) is 0. The molecule has 0 radical (unpaired) electrons. The minimum atomic E-state index is 0.160. The van der Waals surface area contributed by atoms with Crippen molar-refractivity contribution in [3.63, 3.8) is 0 Å². The smallest absolute Gasteiger partial charge is 0.256 e. The number of nitrogens with zero attached hydrogens (tertiary/aromatic N) is 3. The third-order valence-corrected chi connectivity index (χ3v) is 6.85. The molecule has 2 aromatic carbocycles. The van der Waals surface area contributed by atoms with Crippen LogP contribution in [0.25, 0.3) is 11.0 Å². The predicted octanol–water partition coefficient (Wildman–Crippen LogP) is 4.76. The number of para-hydroxylation sites is 1. The average Bonchev–Trinajstić information content (AvgIpc) is 3.14. The molecule has 2 heterocycles. The number of imidazole rings is 1. The zero-order chi connectivity index (χ0) is 19.1. The molecule has 4 heteroatoms. The second-order valence-corrected chi connectivity index (χ2v) is 8.35. The number of fused-ring (bicyclic) bond motifs is 2. The molecule has 1 aliphatic heterocycles. The van der Waals surface area contributed by atoms with Crippen molar-refractivity contribution in [1.29, 1.82) is 0 Å². The van der Waals surface area contributed by atoms with Crippen molar-refractivity contribution >= 4 is 16.9 Å². The van der Waals surface area contributed by atoms with Crippen LogP contribution in [0.1, 0.15) is 53.9 Å². The van der Waals surface area contributed by atoms with Crippen LogP contribution in [-0.2, 0) is 7.05 Å². The van der Waals surface area contributed by atoms with Gasteiger partial charge in [0.2, 0.25) is 0 Å². The molecule has 1 saturated heterocycles. The highest BCUT2D eigenvalue weighted by Crippen LogP contribution is 2.44. The molecule has 3 atom stereocenters. The number of carbonyl (C=O) groups excluding carboxylic acids is 1. The van der Waals surface area contributed by atoms with Crippen LogP contribution in [0.2, 0.25) is 0 Å². The van der Waals surface area contributed by atoms with Crippen LogP contribution >= 0.6 is 0 Å². The Morgan fingerprint density at radius 1 is 1.00 bits per heavy atom. The Balaban J connectivity index is 1.48. The lowest BCUT2D eigenvalue weighted by molar-refractivity contribution is 0.0321. The first-order valence-corrected chi connectivity index (χ1v) is 10.5. The third-order valence-electron chi connectivity index (χ3n) is 6.85. The van der Waals surface area contributed by atoms with Crippen LogP contribution in [0.5, 0.6) is 0 Å². The molecule has 2 fully saturated rings. The summed E-state index contributed by atoms with van der Waals surface area (Å²) in [6.45, 7) is 0.836. The van der Waals surface area contributed by atoms with E-state index in [1.54, 1.807) is 6.33 Å². The van der Waals surface area contributed by atoms with Gasteiger partial charge in [-0.25, -0.2) is 4.98 Å². The van der Waals surface area contributed by atoms with Gasteiger partial charge in [0.15, 0.2) is 0 Å². The van der Waals surface area contributed by atoms with E-state index in [0.29, 0.717) is 17.9 Å². The first-order valence-electron chi connectivity index (χ1n) is 10.5. The Bertz CT molecular complexity index is 994. The number of aryl methyl sites for hydroxylation is 1. The molecule has 1 aromatic heterocycles. The van der Waals surface area contributed by atoms with Crippen molar-refractivity contribution in [2.45, 2.75) is 44.1 Å². The van der Waals surface area contributed by atoms with E-state index < -0.39 is 0 Å². The summed E-state index contributed by atoms with van der Waals surface area (Å²) in [7, 11) is 1.98. The lowest BCUT2D eigenvalue weighted by Gasteiger charge is -2.48. The van der Waals surface area contributed by atoms with E-state index in [1.807, 2.05) is 29.8 Å². The lowest BCUT2D eigenvalue weighted by atomic mass is 9.69. The Labute approximate surface area is 166 Å². The largest absolute Gasteiger partial charge is 0.335 e. The minimum Gasteiger partial charge on any atom is -0.335 e. The molecule has 0 N–H and O–H groups in total. The number of hydrogen-bond acceptors (Lipinski definition) is 2. The van der Waals surface area contributed by atoms with Crippen molar-refractivity contribution in [3.8, 4) is 0 Å². The Morgan fingerprint density at radius 3 is 2.68 bits per heavy atom. The molecular formula is C24H27N3O. The number of rotatable bonds is 2. The van der Waals surface area contributed by atoms with Gasteiger partial charge in [0, 0.05) is 19.6 Å². The van der Waals surface area contributed by atoms with Gasteiger partial charge in [0.1, 0.15) is 5.52 Å². The molecule has 1 saturated carbocycles. The molecule has 3 aromatic rings. The van der Waals surface area contributed by atoms with Gasteiger partial charge in [0.25, 0.3) is 5.91 Å². The topological polar surface area (TPSA) is 38.1 Å². The number of piperidine rings is 1. The molecule has 2 aliphatic rings. The number of hydrogen-bond donors (Lipinski definition) is 0. The first-order chi connectivity index (χ1) is 13.7. The predicted molar refractivity (Wildman–Crippen MR) is 111 cm³/mol. The van der Waals surface area contributed by atoms with E-state index >= 15 is 0 Å². The first kappa shape index (κ1) is 17.5. The summed E-state index contributed by atoms with van der Waals surface area (Å²) < 4.78 is 1.98. The number of likely N-dealkylation sites (tertiary alicyclic amines) is 1. The molecule has 144 valence electrons. The van der Waals surface area contributed by atoms with E-state index in [2.05, 4.69) is 40.2 Å². The van der Waals surface area contributed by atoms with Gasteiger partial charge >= 0.3 is 0 Å². The number of carbonyl (C=O) groups is 1. The number of amides is 1. The summed E-state index contributed by atoms with van der Waals surface area (Å²) in [6.07, 6.45) is 7.70. The molecular weight excluding hydrogens is 346 g/mol. The van der Waals surface area contributed by atoms with Crippen molar-refractivity contribution < 1.29 is 4.79 Å². The second-order valence-electron chi connectivity index (χ2n) is 8.35. The highest BCUT2D eigenvalue weighted by atomic mass is 16.2. The van der Waals surface area contributed by atoms with Gasteiger partial charge < -0.3 is 9.47 Å². The van der Waals surface area contributed by atoms with Crippen molar-refractivity contribution in [1.82, 2.24) is 14.5 Å². The summed E-state index contributed by atoms with van der Waals surface area (Å²) >= 11 is 0. The average molecular weight is 374 g/mol. The van der Waals surface area contributed by atoms with E-state index in [9.17, 15) is 4.79 Å². The van der Waals surface area contributed by atoms with Gasteiger partial charge in [-0.1, -0.05) is 49.2 Å². The highest BCUT2D eigenvalue weighted by Gasteiger charge is 2.42. The monoisotopic (exact) mass is 373 g/mol. The molecule has 28 heavy (non-hydrogen) atoms. The fourth-order valence-electron chi connectivity index (χ4n) is 5.51. The van der Waals surface area contributed by atoms with Crippen molar-refractivity contribution in [2.75, 3.05) is 6.54 Å². The minimum absolute atomic E-state index is 0.160. The Morgan fingerprint density at radius 2 is 1.82 bits per heavy atom. The number of aromatic nitrogens is 2. The molecule has 0 bridgehead atoms. The maximum atomic E-state index is 13.6. The van der Waals surface area contributed by atoms with Crippen LogP contribution in [0.4, 0.5) is 0 Å². The Hall–Kier alpha value is -2.62. The van der Waals surface area contributed by atoms with Crippen LogP contribution in [0.15, 0.2) is 54.9 Å². The summed E-state index contributed by atoms with van der Waals surface area (Å²) in [6, 6.07) is 17.2. The van der Waals surface area contributed by atoms with Gasteiger partial charge in [0.05, 0.1) is 17.4 Å². The van der Waals surface area contributed by atoms with Crippen LogP contribution in [-0.4, -0.2) is 32.9 Å². The summed E-state index contributed by atoms with van der Waals surface area (Å²) in [5.41, 5.74) is 4.04. The molecule has 5 rings (SSSR count). The molecule has 1 amide bonds. The zero-order valence-corrected chi connectivity index (χ0v) is 16.4. The summed E-state index contributed by atoms with van der Waals surface area (Å²) in [4.78, 5) is 20.3. The fraction of sp³-hybridized carbons (Fsp3) is 0.417. The molecule has 1 unspecified atom stereocenters. The van der Waals surface area contributed by atoms with E-state index in [-0.39, 0.29) is 5.91 Å². The van der Waals surface area contributed by atoms with Crippen molar-refractivity contribution in [3.05, 3.63) is 66.0 Å². The highest BCUT2D eigenvalue weighted by molar-refractivity contribution is 6.05. The lowest BCUT2D eigenvalue weighted by Crippen LogP contribution is -2.52. The second kappa shape index (κ2) is 7.08. The van der Waals surface area contributed by atoms with Crippen LogP contribution in [0.3, 0.4) is 0 Å². The third kappa shape index (κ3) is 2.83. The van der Waals surface area contributed by atoms with E-state index in [4.69, 9.17) is 0 Å². The van der Waals surface area contributed by atoms with Crippen molar-refractivity contribution in [2.24, 2.45) is 13.0 Å². The molecule has 0 spiro atoms. The molecule has 4 nitrogen and oxygen atoms in total. The summed E-state index contributed by atoms with van der Waals surface area (Å²) in [5.74, 6) is 1.30. The van der Waals surface area contributed by atoms with E-state index in [0.717, 1.165) is 36.0 Å². The van der Waals surface area contributed by atoms with Gasteiger partial charge in [-0.2, -0.15) is 0 Å². The van der Waals surface area contributed by atoms with Crippen LogP contribution in [0, 0.1) is 5.92 Å². The van der Waals surface area contributed by atoms with Gasteiger partial charge in [-0.05, 0) is 48.8 Å². The maximum absolute atomic E-state index is 13.6. The SMILES string of the molecule is Cn1cnc2c(C(=O)N3CCC(c4ccccc4)[C@H]4CCCC[C@H]43)cccc21.